The van der Waals surface area contributed by atoms with Gasteiger partial charge in [0.05, 0.1) is 25.2 Å². The highest BCUT2D eigenvalue weighted by atomic mass is 32.1. The van der Waals surface area contributed by atoms with Crippen LogP contribution in [0.2, 0.25) is 0 Å². The number of hydrogen-bond donors (Lipinski definition) is 1. The van der Waals surface area contributed by atoms with Gasteiger partial charge >= 0.3 is 5.97 Å². The third-order valence-electron chi connectivity index (χ3n) is 3.25. The van der Waals surface area contributed by atoms with Crippen LogP contribution in [-0.2, 0) is 14.3 Å². The van der Waals surface area contributed by atoms with Crippen LogP contribution in [0.4, 0.5) is 5.00 Å². The smallest absolute Gasteiger partial charge is 0.341 e. The molecule has 1 saturated carbocycles. The Morgan fingerprint density at radius 2 is 2.10 bits per heavy atom. The second kappa shape index (κ2) is 7.56. The SMILES string of the molecule is CCOCCC(=O)Nc1scc(C2CC2)c1C(=O)OCC. The van der Waals surface area contributed by atoms with Crippen LogP contribution in [-0.4, -0.2) is 31.7 Å². The molecule has 1 aromatic rings. The molecule has 0 saturated heterocycles. The van der Waals surface area contributed by atoms with Crippen LogP contribution >= 0.6 is 11.3 Å². The first-order valence-corrected chi connectivity index (χ1v) is 8.21. The predicted octanol–water partition coefficient (Wildman–Crippen LogP) is 3.17. The van der Waals surface area contributed by atoms with E-state index in [1.54, 1.807) is 6.92 Å². The van der Waals surface area contributed by atoms with E-state index in [1.807, 2.05) is 12.3 Å². The molecule has 1 aliphatic rings. The Labute approximate surface area is 128 Å². The lowest BCUT2D eigenvalue weighted by Gasteiger charge is -2.08. The molecule has 1 amide bonds. The van der Waals surface area contributed by atoms with Crippen LogP contribution in [0.15, 0.2) is 5.38 Å². The summed E-state index contributed by atoms with van der Waals surface area (Å²) in [6.07, 6.45) is 2.48. The van der Waals surface area contributed by atoms with Gasteiger partial charge in [0.2, 0.25) is 5.91 Å². The number of anilines is 1. The Kier molecular flexibility index (Phi) is 5.76. The van der Waals surface area contributed by atoms with Crippen molar-refractivity contribution in [2.75, 3.05) is 25.1 Å². The van der Waals surface area contributed by atoms with Gasteiger partial charge in [-0.3, -0.25) is 4.79 Å². The monoisotopic (exact) mass is 311 g/mol. The molecule has 5 nitrogen and oxygen atoms in total. The number of hydrogen-bond acceptors (Lipinski definition) is 5. The van der Waals surface area contributed by atoms with Gasteiger partial charge < -0.3 is 14.8 Å². The third-order valence-corrected chi connectivity index (χ3v) is 4.16. The van der Waals surface area contributed by atoms with E-state index in [0.717, 1.165) is 18.4 Å². The Balaban J connectivity index is 2.07. The zero-order valence-electron chi connectivity index (χ0n) is 12.4. The lowest BCUT2D eigenvalue weighted by atomic mass is 10.1. The quantitative estimate of drug-likeness (QED) is 0.591. The lowest BCUT2D eigenvalue weighted by molar-refractivity contribution is -0.117. The number of rotatable bonds is 8. The minimum atomic E-state index is -0.347. The summed E-state index contributed by atoms with van der Waals surface area (Å²) < 4.78 is 10.3. The van der Waals surface area contributed by atoms with Crippen LogP contribution in [0.5, 0.6) is 0 Å². The maximum absolute atomic E-state index is 12.1. The molecule has 0 bridgehead atoms. The van der Waals surface area contributed by atoms with Crippen molar-refractivity contribution in [1.82, 2.24) is 0 Å². The second-order valence-corrected chi connectivity index (χ2v) is 5.76. The fourth-order valence-corrected chi connectivity index (χ4v) is 3.12. The van der Waals surface area contributed by atoms with Crippen molar-refractivity contribution in [3.05, 3.63) is 16.5 Å². The molecule has 21 heavy (non-hydrogen) atoms. The van der Waals surface area contributed by atoms with E-state index in [0.29, 0.717) is 36.3 Å². The van der Waals surface area contributed by atoms with E-state index >= 15 is 0 Å². The fraction of sp³-hybridized carbons (Fsp3) is 0.600. The molecule has 0 radical (unpaired) electrons. The molecule has 6 heteroatoms. The fourth-order valence-electron chi connectivity index (χ4n) is 2.07. The van der Waals surface area contributed by atoms with Crippen molar-refractivity contribution in [3.63, 3.8) is 0 Å². The topological polar surface area (TPSA) is 64.6 Å². The summed E-state index contributed by atoms with van der Waals surface area (Å²) in [5, 5.41) is 5.37. The summed E-state index contributed by atoms with van der Waals surface area (Å²) >= 11 is 1.39. The second-order valence-electron chi connectivity index (χ2n) is 4.89. The first-order valence-electron chi connectivity index (χ1n) is 7.33. The molecule has 1 N–H and O–H groups in total. The molecule has 0 spiro atoms. The minimum absolute atomic E-state index is 0.141. The van der Waals surface area contributed by atoms with Crippen molar-refractivity contribution in [2.24, 2.45) is 0 Å². The highest BCUT2D eigenvalue weighted by molar-refractivity contribution is 7.15. The molecule has 2 rings (SSSR count). The molecule has 0 atom stereocenters. The van der Waals surface area contributed by atoms with Crippen LogP contribution < -0.4 is 5.32 Å². The highest BCUT2D eigenvalue weighted by Gasteiger charge is 2.32. The van der Waals surface area contributed by atoms with Crippen molar-refractivity contribution < 1.29 is 19.1 Å². The van der Waals surface area contributed by atoms with E-state index in [4.69, 9.17) is 9.47 Å². The molecular formula is C15H21NO4S. The largest absolute Gasteiger partial charge is 0.462 e. The van der Waals surface area contributed by atoms with Gasteiger partial charge in [-0.15, -0.1) is 11.3 Å². The van der Waals surface area contributed by atoms with Gasteiger partial charge in [-0.2, -0.15) is 0 Å². The standard InChI is InChI=1S/C15H21NO4S/c1-3-19-8-7-12(17)16-14-13(15(18)20-4-2)11(9-21-14)10-5-6-10/h9-10H,3-8H2,1-2H3,(H,16,17). The van der Waals surface area contributed by atoms with Gasteiger partial charge in [0.1, 0.15) is 5.00 Å². The van der Waals surface area contributed by atoms with E-state index in [9.17, 15) is 9.59 Å². The molecule has 1 heterocycles. The number of ether oxygens (including phenoxy) is 2. The third kappa shape index (κ3) is 4.28. The number of amides is 1. The first kappa shape index (κ1) is 16.0. The molecule has 1 fully saturated rings. The zero-order valence-corrected chi connectivity index (χ0v) is 13.3. The van der Waals surface area contributed by atoms with Crippen molar-refractivity contribution in [3.8, 4) is 0 Å². The zero-order chi connectivity index (χ0) is 15.2. The minimum Gasteiger partial charge on any atom is -0.462 e. The van der Waals surface area contributed by atoms with Crippen LogP contribution in [0.25, 0.3) is 0 Å². The van der Waals surface area contributed by atoms with Crippen molar-refractivity contribution in [1.29, 1.82) is 0 Å². The molecular weight excluding hydrogens is 290 g/mol. The molecule has 116 valence electrons. The Hall–Kier alpha value is -1.40. The van der Waals surface area contributed by atoms with Gasteiger partial charge in [-0.05, 0) is 43.6 Å². The normalized spacial score (nSPS) is 14.0. The van der Waals surface area contributed by atoms with Crippen molar-refractivity contribution >= 4 is 28.2 Å². The number of carbonyl (C=O) groups excluding carboxylic acids is 2. The maximum Gasteiger partial charge on any atom is 0.341 e. The van der Waals surface area contributed by atoms with Gasteiger partial charge in [-0.1, -0.05) is 0 Å². The Morgan fingerprint density at radius 1 is 1.33 bits per heavy atom. The molecule has 0 aromatic carbocycles. The van der Waals surface area contributed by atoms with Gasteiger partial charge in [0.15, 0.2) is 0 Å². The van der Waals surface area contributed by atoms with E-state index in [-0.39, 0.29) is 18.3 Å². The highest BCUT2D eigenvalue weighted by Crippen LogP contribution is 2.46. The van der Waals surface area contributed by atoms with E-state index < -0.39 is 0 Å². The molecule has 0 aliphatic heterocycles. The summed E-state index contributed by atoms with van der Waals surface area (Å²) in [5.41, 5.74) is 1.55. The first-order chi connectivity index (χ1) is 10.2. The Bertz CT molecular complexity index is 508. The summed E-state index contributed by atoms with van der Waals surface area (Å²) in [7, 11) is 0. The van der Waals surface area contributed by atoms with Crippen LogP contribution in [0.1, 0.15) is 54.9 Å². The van der Waals surface area contributed by atoms with Crippen LogP contribution in [0, 0.1) is 0 Å². The summed E-state index contributed by atoms with van der Waals surface area (Å²) in [5.74, 6) is -0.0475. The van der Waals surface area contributed by atoms with E-state index in [1.165, 1.54) is 11.3 Å². The maximum atomic E-state index is 12.1. The average Bonchev–Trinajstić information content (AvgIpc) is 3.21. The van der Waals surface area contributed by atoms with Crippen LogP contribution in [0.3, 0.4) is 0 Å². The average molecular weight is 311 g/mol. The summed E-state index contributed by atoms with van der Waals surface area (Å²) in [4.78, 5) is 24.0. The lowest BCUT2D eigenvalue weighted by Crippen LogP contribution is -2.16. The summed E-state index contributed by atoms with van der Waals surface area (Å²) in [6, 6.07) is 0. The van der Waals surface area contributed by atoms with Gasteiger partial charge in [-0.25, -0.2) is 4.79 Å². The molecule has 1 aliphatic carbocycles. The van der Waals surface area contributed by atoms with Crippen molar-refractivity contribution in [2.45, 2.75) is 39.0 Å². The number of carbonyl (C=O) groups is 2. The number of nitrogens with one attached hydrogen (secondary N) is 1. The molecule has 1 aromatic heterocycles. The Morgan fingerprint density at radius 3 is 2.71 bits per heavy atom. The van der Waals surface area contributed by atoms with Gasteiger partial charge in [0.25, 0.3) is 0 Å². The van der Waals surface area contributed by atoms with E-state index in [2.05, 4.69) is 5.32 Å². The predicted molar refractivity (Wildman–Crippen MR) is 82.0 cm³/mol. The molecule has 0 unspecified atom stereocenters. The van der Waals surface area contributed by atoms with Gasteiger partial charge in [0, 0.05) is 6.61 Å². The number of thiophene rings is 1. The number of esters is 1. The summed E-state index contributed by atoms with van der Waals surface area (Å²) in [6.45, 7) is 4.97.